The topological polar surface area (TPSA) is 67.4 Å². The summed E-state index contributed by atoms with van der Waals surface area (Å²) in [6.07, 6.45) is 2.95. The normalized spacial score (nSPS) is 18.0. The third-order valence-electron chi connectivity index (χ3n) is 3.35. The molecule has 1 aliphatic heterocycles. The number of allylic oxidation sites excluding steroid dienone is 1. The van der Waals surface area contributed by atoms with Crippen molar-refractivity contribution >= 4 is 39.3 Å². The molecule has 0 aliphatic carbocycles. The van der Waals surface area contributed by atoms with Gasteiger partial charge in [-0.2, -0.15) is 0 Å². The first-order valence-corrected chi connectivity index (χ1v) is 8.84. The summed E-state index contributed by atoms with van der Waals surface area (Å²) in [5.74, 6) is -0.379. The van der Waals surface area contributed by atoms with Crippen LogP contribution in [-0.4, -0.2) is 18.6 Å². The van der Waals surface area contributed by atoms with Gasteiger partial charge in [-0.1, -0.05) is 19.8 Å². The molecular formula is C15H19BrN2O3S. The van der Waals surface area contributed by atoms with Gasteiger partial charge in [-0.3, -0.25) is 0 Å². The van der Waals surface area contributed by atoms with E-state index in [1.165, 1.54) is 11.3 Å². The van der Waals surface area contributed by atoms with E-state index in [1.54, 1.807) is 6.92 Å². The van der Waals surface area contributed by atoms with Gasteiger partial charge in [-0.25, -0.2) is 9.59 Å². The molecule has 0 aromatic carbocycles. The Hall–Kier alpha value is -1.34. The molecule has 0 spiro atoms. The fourth-order valence-electron chi connectivity index (χ4n) is 2.26. The first-order chi connectivity index (χ1) is 10.5. The van der Waals surface area contributed by atoms with Crippen LogP contribution in [-0.2, 0) is 9.53 Å². The minimum absolute atomic E-state index is 0.311. The number of rotatable bonds is 6. The first-order valence-electron chi connectivity index (χ1n) is 7.23. The molecule has 1 aromatic rings. The summed E-state index contributed by atoms with van der Waals surface area (Å²) in [6, 6.07) is 3.01. The lowest BCUT2D eigenvalue weighted by atomic mass is 10.0. The molecule has 0 fully saturated rings. The lowest BCUT2D eigenvalue weighted by molar-refractivity contribution is -0.139. The van der Waals surface area contributed by atoms with Gasteiger partial charge in [0.05, 0.1) is 22.0 Å². The molecule has 120 valence electrons. The lowest BCUT2D eigenvalue weighted by Crippen LogP contribution is -2.45. The Bertz CT molecular complexity index is 597. The maximum atomic E-state index is 12.4. The maximum absolute atomic E-state index is 12.4. The number of ether oxygens (including phenoxy) is 1. The summed E-state index contributed by atoms with van der Waals surface area (Å²) in [6.45, 7) is 4.22. The molecule has 0 unspecified atom stereocenters. The Balaban J connectivity index is 2.17. The Morgan fingerprint density at radius 2 is 2.18 bits per heavy atom. The van der Waals surface area contributed by atoms with Crippen molar-refractivity contribution < 1.29 is 14.3 Å². The summed E-state index contributed by atoms with van der Waals surface area (Å²) in [4.78, 5) is 25.0. The van der Waals surface area contributed by atoms with Gasteiger partial charge in [-0.15, -0.1) is 11.3 Å². The number of amides is 2. The number of thiophene rings is 1. The minimum atomic E-state index is -0.469. The van der Waals surface area contributed by atoms with E-state index in [9.17, 15) is 9.59 Å². The zero-order valence-electron chi connectivity index (χ0n) is 12.6. The summed E-state index contributed by atoms with van der Waals surface area (Å²) in [5, 5.41) is 5.43. The molecule has 0 saturated heterocycles. The molecule has 1 atom stereocenters. The number of esters is 1. The van der Waals surface area contributed by atoms with Gasteiger partial charge in [-0.05, 0) is 41.4 Å². The Morgan fingerprint density at radius 3 is 2.82 bits per heavy atom. The highest BCUT2D eigenvalue weighted by Crippen LogP contribution is 2.34. The highest BCUT2D eigenvalue weighted by Gasteiger charge is 2.32. The molecule has 2 rings (SSSR count). The number of carbonyl (C=O) groups is 2. The molecule has 2 amide bonds. The number of hydrogen-bond donors (Lipinski definition) is 2. The number of hydrogen-bond acceptors (Lipinski definition) is 4. The highest BCUT2D eigenvalue weighted by atomic mass is 79.9. The maximum Gasteiger partial charge on any atom is 0.338 e. The Kier molecular flexibility index (Phi) is 6.02. The van der Waals surface area contributed by atoms with Crippen molar-refractivity contribution in [2.75, 3.05) is 6.61 Å². The van der Waals surface area contributed by atoms with Gasteiger partial charge < -0.3 is 15.4 Å². The van der Waals surface area contributed by atoms with Crippen molar-refractivity contribution in [3.8, 4) is 0 Å². The van der Waals surface area contributed by atoms with E-state index in [0.717, 1.165) is 27.9 Å². The number of unbranched alkanes of at least 4 members (excludes halogenated alkanes) is 2. The third-order valence-corrected chi connectivity index (χ3v) is 5.04. The molecule has 2 heterocycles. The van der Waals surface area contributed by atoms with Crippen molar-refractivity contribution in [1.29, 1.82) is 0 Å². The van der Waals surface area contributed by atoms with Crippen LogP contribution in [0.2, 0.25) is 0 Å². The highest BCUT2D eigenvalue weighted by molar-refractivity contribution is 9.11. The van der Waals surface area contributed by atoms with Crippen LogP contribution in [0.3, 0.4) is 0 Å². The monoisotopic (exact) mass is 386 g/mol. The van der Waals surface area contributed by atoms with Gasteiger partial charge >= 0.3 is 12.0 Å². The standard InChI is InChI=1S/C15H19BrN2O3S/c1-3-4-5-8-21-14(19)12-9(2)17-15(20)18-13(12)10-6-7-11(16)22-10/h6-7,13H,3-5,8H2,1-2H3,(H2,17,18,20)/t13-/m1/s1. The van der Waals surface area contributed by atoms with Crippen molar-refractivity contribution in [1.82, 2.24) is 10.6 Å². The number of halogens is 1. The van der Waals surface area contributed by atoms with E-state index in [4.69, 9.17) is 4.74 Å². The SMILES string of the molecule is CCCCCOC(=O)C1=C(C)NC(=O)N[C@@H]1c1ccc(Br)s1. The Labute approximate surface area is 142 Å². The predicted octanol–water partition coefficient (Wildman–Crippen LogP) is 3.87. The van der Waals surface area contributed by atoms with E-state index in [1.807, 2.05) is 12.1 Å². The number of carbonyl (C=O) groups excluding carboxylic acids is 2. The van der Waals surface area contributed by atoms with E-state index >= 15 is 0 Å². The lowest BCUT2D eigenvalue weighted by Gasteiger charge is -2.27. The summed E-state index contributed by atoms with van der Waals surface area (Å²) in [5.41, 5.74) is 1.00. The molecule has 7 heteroatoms. The molecule has 0 radical (unpaired) electrons. The third kappa shape index (κ3) is 4.10. The van der Waals surface area contributed by atoms with Gasteiger partial charge in [0.1, 0.15) is 0 Å². The van der Waals surface area contributed by atoms with Crippen molar-refractivity contribution in [2.24, 2.45) is 0 Å². The van der Waals surface area contributed by atoms with Crippen LogP contribution in [0.1, 0.15) is 44.0 Å². The molecule has 1 aliphatic rings. The largest absolute Gasteiger partial charge is 0.462 e. The van der Waals surface area contributed by atoms with E-state index < -0.39 is 6.04 Å². The van der Waals surface area contributed by atoms with Crippen LogP contribution in [0.5, 0.6) is 0 Å². The molecule has 0 bridgehead atoms. The fraction of sp³-hybridized carbons (Fsp3) is 0.467. The zero-order valence-corrected chi connectivity index (χ0v) is 15.0. The smallest absolute Gasteiger partial charge is 0.338 e. The van der Waals surface area contributed by atoms with Gasteiger partial charge in [0, 0.05) is 10.6 Å². The summed E-state index contributed by atoms with van der Waals surface area (Å²) < 4.78 is 6.30. The van der Waals surface area contributed by atoms with Crippen LogP contribution in [0.4, 0.5) is 4.79 Å². The number of urea groups is 1. The first kappa shape index (κ1) is 17.0. The van der Waals surface area contributed by atoms with E-state index in [0.29, 0.717) is 17.9 Å². The second-order valence-corrected chi connectivity index (χ2v) is 7.55. The molecular weight excluding hydrogens is 368 g/mol. The second-order valence-electron chi connectivity index (χ2n) is 5.06. The molecule has 1 aromatic heterocycles. The summed E-state index contributed by atoms with van der Waals surface area (Å²) >= 11 is 4.89. The predicted molar refractivity (Wildman–Crippen MR) is 89.6 cm³/mol. The quantitative estimate of drug-likeness (QED) is 0.575. The van der Waals surface area contributed by atoms with Crippen LogP contribution >= 0.6 is 27.3 Å². The minimum Gasteiger partial charge on any atom is -0.462 e. The summed E-state index contributed by atoms with van der Waals surface area (Å²) in [7, 11) is 0. The second kappa shape index (κ2) is 7.78. The molecule has 22 heavy (non-hydrogen) atoms. The van der Waals surface area contributed by atoms with Crippen molar-refractivity contribution in [3.05, 3.63) is 32.1 Å². The van der Waals surface area contributed by atoms with Gasteiger partial charge in [0.15, 0.2) is 0 Å². The van der Waals surface area contributed by atoms with Crippen LogP contribution < -0.4 is 10.6 Å². The van der Waals surface area contributed by atoms with Crippen LogP contribution in [0.15, 0.2) is 27.2 Å². The van der Waals surface area contributed by atoms with E-state index in [-0.39, 0.29) is 12.0 Å². The molecule has 5 nitrogen and oxygen atoms in total. The van der Waals surface area contributed by atoms with Crippen molar-refractivity contribution in [2.45, 2.75) is 39.2 Å². The van der Waals surface area contributed by atoms with E-state index in [2.05, 4.69) is 33.5 Å². The average Bonchev–Trinajstić information content (AvgIpc) is 2.89. The average molecular weight is 387 g/mol. The number of nitrogens with one attached hydrogen (secondary N) is 2. The van der Waals surface area contributed by atoms with Crippen LogP contribution in [0.25, 0.3) is 0 Å². The van der Waals surface area contributed by atoms with Crippen molar-refractivity contribution in [3.63, 3.8) is 0 Å². The van der Waals surface area contributed by atoms with Crippen LogP contribution in [0, 0.1) is 0 Å². The van der Waals surface area contributed by atoms with Gasteiger partial charge in [0.2, 0.25) is 0 Å². The zero-order chi connectivity index (χ0) is 16.1. The fourth-order valence-corrected chi connectivity index (χ4v) is 3.74. The molecule has 0 saturated carbocycles. The Morgan fingerprint density at radius 1 is 1.41 bits per heavy atom. The van der Waals surface area contributed by atoms with Gasteiger partial charge in [0.25, 0.3) is 0 Å². The molecule has 2 N–H and O–H groups in total.